The lowest BCUT2D eigenvalue weighted by molar-refractivity contribution is -0.117. The molecular formula is C19H19FN2O2. The SMILES string of the molecule is Cc1cc(NC(=O)Cc2ccccc2F)ccc1N1CCCC1=O. The molecule has 2 amide bonds. The summed E-state index contributed by atoms with van der Waals surface area (Å²) < 4.78 is 13.6. The molecule has 0 aliphatic carbocycles. The molecule has 1 aliphatic rings. The third kappa shape index (κ3) is 3.45. The molecule has 1 aliphatic heterocycles. The predicted molar refractivity (Wildman–Crippen MR) is 91.5 cm³/mol. The predicted octanol–water partition coefficient (Wildman–Crippen LogP) is 3.44. The number of nitrogens with one attached hydrogen (secondary N) is 1. The molecule has 3 rings (SSSR count). The summed E-state index contributed by atoms with van der Waals surface area (Å²) in [5.41, 5.74) is 2.81. The smallest absolute Gasteiger partial charge is 0.228 e. The van der Waals surface area contributed by atoms with Crippen molar-refractivity contribution in [2.24, 2.45) is 0 Å². The molecule has 124 valence electrons. The minimum atomic E-state index is -0.383. The highest BCUT2D eigenvalue weighted by Gasteiger charge is 2.23. The number of aryl methyl sites for hydroxylation is 1. The van der Waals surface area contributed by atoms with Crippen molar-refractivity contribution in [1.29, 1.82) is 0 Å². The summed E-state index contributed by atoms with van der Waals surface area (Å²) in [5, 5.41) is 2.78. The number of halogens is 1. The molecule has 5 heteroatoms. The van der Waals surface area contributed by atoms with Gasteiger partial charge in [0.1, 0.15) is 5.82 Å². The first-order valence-electron chi connectivity index (χ1n) is 7.99. The highest BCUT2D eigenvalue weighted by atomic mass is 19.1. The van der Waals surface area contributed by atoms with Crippen LogP contribution in [0.2, 0.25) is 0 Å². The van der Waals surface area contributed by atoms with Crippen LogP contribution in [-0.2, 0) is 16.0 Å². The lowest BCUT2D eigenvalue weighted by Crippen LogP contribution is -2.24. The van der Waals surface area contributed by atoms with Gasteiger partial charge in [0.15, 0.2) is 0 Å². The molecule has 1 fully saturated rings. The van der Waals surface area contributed by atoms with Crippen LogP contribution >= 0.6 is 0 Å². The third-order valence-electron chi connectivity index (χ3n) is 4.15. The van der Waals surface area contributed by atoms with Gasteiger partial charge in [0.25, 0.3) is 0 Å². The molecular weight excluding hydrogens is 307 g/mol. The van der Waals surface area contributed by atoms with Crippen molar-refractivity contribution in [3.63, 3.8) is 0 Å². The zero-order valence-corrected chi connectivity index (χ0v) is 13.5. The van der Waals surface area contributed by atoms with Crippen molar-refractivity contribution < 1.29 is 14.0 Å². The zero-order valence-electron chi connectivity index (χ0n) is 13.5. The van der Waals surface area contributed by atoms with Crippen molar-refractivity contribution in [2.45, 2.75) is 26.2 Å². The topological polar surface area (TPSA) is 49.4 Å². The Labute approximate surface area is 140 Å². The second-order valence-corrected chi connectivity index (χ2v) is 5.97. The average Bonchev–Trinajstić information content (AvgIpc) is 2.96. The van der Waals surface area contributed by atoms with E-state index in [0.717, 1.165) is 24.2 Å². The minimum Gasteiger partial charge on any atom is -0.326 e. The van der Waals surface area contributed by atoms with Crippen LogP contribution in [0.3, 0.4) is 0 Å². The van der Waals surface area contributed by atoms with Crippen LogP contribution in [0, 0.1) is 12.7 Å². The molecule has 0 aromatic heterocycles. The number of benzene rings is 2. The summed E-state index contributed by atoms with van der Waals surface area (Å²) in [4.78, 5) is 25.7. The Hall–Kier alpha value is -2.69. The standard InChI is InChI=1S/C19H19FN2O2/c1-13-11-15(8-9-17(13)22-10-4-7-19(22)24)21-18(23)12-14-5-2-3-6-16(14)20/h2-3,5-6,8-9,11H,4,7,10,12H2,1H3,(H,21,23). The second kappa shape index (κ2) is 6.83. The van der Waals surface area contributed by atoms with Crippen LogP contribution in [0.15, 0.2) is 42.5 Å². The number of nitrogens with zero attached hydrogens (tertiary/aromatic N) is 1. The number of anilines is 2. The van der Waals surface area contributed by atoms with Gasteiger partial charge in [0.2, 0.25) is 11.8 Å². The summed E-state index contributed by atoms with van der Waals surface area (Å²) in [6.45, 7) is 2.64. The minimum absolute atomic E-state index is 0.0158. The van der Waals surface area contributed by atoms with Crippen molar-refractivity contribution in [3.05, 3.63) is 59.4 Å². The highest BCUT2D eigenvalue weighted by molar-refractivity contribution is 5.97. The van der Waals surface area contributed by atoms with E-state index < -0.39 is 0 Å². The number of carbonyl (C=O) groups excluding carboxylic acids is 2. The van der Waals surface area contributed by atoms with E-state index in [1.807, 2.05) is 19.1 Å². The molecule has 1 heterocycles. The molecule has 0 saturated carbocycles. The fourth-order valence-electron chi connectivity index (χ4n) is 2.96. The summed E-state index contributed by atoms with van der Waals surface area (Å²) in [5.74, 6) is -0.523. The summed E-state index contributed by atoms with van der Waals surface area (Å²) in [6, 6.07) is 11.7. The number of amides is 2. The maximum Gasteiger partial charge on any atom is 0.228 e. The number of carbonyl (C=O) groups is 2. The van der Waals surface area contributed by atoms with Crippen molar-refractivity contribution in [3.8, 4) is 0 Å². The van der Waals surface area contributed by atoms with Crippen LogP contribution in [0.5, 0.6) is 0 Å². The van der Waals surface area contributed by atoms with Crippen LogP contribution in [0.25, 0.3) is 0 Å². The fourth-order valence-corrected chi connectivity index (χ4v) is 2.96. The monoisotopic (exact) mass is 326 g/mol. The quantitative estimate of drug-likeness (QED) is 0.935. The molecule has 0 atom stereocenters. The van der Waals surface area contributed by atoms with Crippen molar-refractivity contribution in [2.75, 3.05) is 16.8 Å². The Morgan fingerprint density at radius 2 is 2.04 bits per heavy atom. The molecule has 0 radical (unpaired) electrons. The molecule has 24 heavy (non-hydrogen) atoms. The van der Waals surface area contributed by atoms with Gasteiger partial charge in [-0.1, -0.05) is 18.2 Å². The second-order valence-electron chi connectivity index (χ2n) is 5.97. The van der Waals surface area contributed by atoms with Crippen LogP contribution in [-0.4, -0.2) is 18.4 Å². The average molecular weight is 326 g/mol. The van der Waals surface area contributed by atoms with E-state index in [-0.39, 0.29) is 24.1 Å². The Kier molecular flexibility index (Phi) is 4.60. The van der Waals surface area contributed by atoms with Gasteiger partial charge in [-0.25, -0.2) is 4.39 Å². The van der Waals surface area contributed by atoms with Gasteiger partial charge >= 0.3 is 0 Å². The molecule has 1 saturated heterocycles. The van der Waals surface area contributed by atoms with Crippen molar-refractivity contribution in [1.82, 2.24) is 0 Å². The van der Waals surface area contributed by atoms with E-state index in [2.05, 4.69) is 5.32 Å². The lowest BCUT2D eigenvalue weighted by Gasteiger charge is -2.19. The fraction of sp³-hybridized carbons (Fsp3) is 0.263. The summed E-state index contributed by atoms with van der Waals surface area (Å²) >= 11 is 0. The van der Waals surface area contributed by atoms with E-state index in [1.165, 1.54) is 6.07 Å². The lowest BCUT2D eigenvalue weighted by atomic mass is 10.1. The first kappa shape index (κ1) is 16.2. The maximum atomic E-state index is 13.6. The summed E-state index contributed by atoms with van der Waals surface area (Å²) in [6.07, 6.45) is 1.44. The largest absolute Gasteiger partial charge is 0.326 e. The van der Waals surface area contributed by atoms with E-state index in [0.29, 0.717) is 17.7 Å². The zero-order chi connectivity index (χ0) is 17.1. The first-order valence-corrected chi connectivity index (χ1v) is 7.99. The van der Waals surface area contributed by atoms with Gasteiger partial charge in [-0.2, -0.15) is 0 Å². The van der Waals surface area contributed by atoms with Crippen LogP contribution in [0.4, 0.5) is 15.8 Å². The van der Waals surface area contributed by atoms with Gasteiger partial charge in [-0.3, -0.25) is 9.59 Å². The highest BCUT2D eigenvalue weighted by Crippen LogP contribution is 2.27. The molecule has 0 spiro atoms. The Bertz CT molecular complexity index is 789. The van der Waals surface area contributed by atoms with Gasteiger partial charge in [0.05, 0.1) is 6.42 Å². The van der Waals surface area contributed by atoms with Crippen LogP contribution in [0.1, 0.15) is 24.0 Å². The van der Waals surface area contributed by atoms with Gasteiger partial charge in [-0.05, 0) is 48.7 Å². The van der Waals surface area contributed by atoms with Crippen LogP contribution < -0.4 is 10.2 Å². The Balaban J connectivity index is 1.69. The molecule has 4 nitrogen and oxygen atoms in total. The first-order chi connectivity index (χ1) is 11.5. The number of hydrogen-bond donors (Lipinski definition) is 1. The van der Waals surface area contributed by atoms with Gasteiger partial charge in [-0.15, -0.1) is 0 Å². The summed E-state index contributed by atoms with van der Waals surface area (Å²) in [7, 11) is 0. The van der Waals surface area contributed by atoms with E-state index in [9.17, 15) is 14.0 Å². The maximum absolute atomic E-state index is 13.6. The normalized spacial score (nSPS) is 14.1. The third-order valence-corrected chi connectivity index (χ3v) is 4.15. The number of hydrogen-bond acceptors (Lipinski definition) is 2. The molecule has 1 N–H and O–H groups in total. The Morgan fingerprint density at radius 3 is 2.71 bits per heavy atom. The van der Waals surface area contributed by atoms with E-state index in [4.69, 9.17) is 0 Å². The molecule has 0 bridgehead atoms. The Morgan fingerprint density at radius 1 is 1.25 bits per heavy atom. The molecule has 0 unspecified atom stereocenters. The van der Waals surface area contributed by atoms with Gasteiger partial charge < -0.3 is 10.2 Å². The van der Waals surface area contributed by atoms with E-state index >= 15 is 0 Å². The number of rotatable bonds is 4. The van der Waals surface area contributed by atoms with E-state index in [1.54, 1.807) is 29.2 Å². The van der Waals surface area contributed by atoms with Crippen molar-refractivity contribution >= 4 is 23.2 Å². The molecule has 2 aromatic carbocycles. The molecule has 2 aromatic rings. The van der Waals surface area contributed by atoms with Gasteiger partial charge in [0, 0.05) is 24.3 Å².